The Morgan fingerprint density at radius 3 is 2.52 bits per heavy atom. The second-order valence-electron chi connectivity index (χ2n) is 4.98. The van der Waals surface area contributed by atoms with Crippen LogP contribution >= 0.6 is 23.2 Å². The molecular formula is C17H18Cl2FN. The summed E-state index contributed by atoms with van der Waals surface area (Å²) >= 11 is 12.2. The van der Waals surface area contributed by atoms with E-state index in [1.165, 1.54) is 6.07 Å². The molecular weight excluding hydrogens is 308 g/mol. The number of halogens is 3. The van der Waals surface area contributed by atoms with Crippen LogP contribution in [0.2, 0.25) is 10.0 Å². The third kappa shape index (κ3) is 4.44. The summed E-state index contributed by atoms with van der Waals surface area (Å²) in [6, 6.07) is 12.7. The zero-order chi connectivity index (χ0) is 15.2. The van der Waals surface area contributed by atoms with E-state index >= 15 is 0 Å². The van der Waals surface area contributed by atoms with Crippen molar-refractivity contribution in [2.45, 2.75) is 25.8 Å². The Labute approximate surface area is 135 Å². The molecule has 0 aromatic heterocycles. The van der Waals surface area contributed by atoms with Crippen molar-refractivity contribution in [3.8, 4) is 0 Å². The fraction of sp³-hybridized carbons (Fsp3) is 0.294. The van der Waals surface area contributed by atoms with Gasteiger partial charge in [-0.3, -0.25) is 0 Å². The van der Waals surface area contributed by atoms with E-state index in [0.717, 1.165) is 29.1 Å². The van der Waals surface area contributed by atoms with Gasteiger partial charge in [0.05, 0.1) is 5.02 Å². The summed E-state index contributed by atoms with van der Waals surface area (Å²) in [6.45, 7) is 3.01. The molecule has 0 fully saturated rings. The maximum absolute atomic E-state index is 13.3. The highest BCUT2D eigenvalue weighted by Gasteiger charge is 2.15. The van der Waals surface area contributed by atoms with Crippen molar-refractivity contribution in [2.75, 3.05) is 6.54 Å². The summed E-state index contributed by atoms with van der Waals surface area (Å²) in [5.74, 6) is -0.392. The standard InChI is InChI=1S/C17H18Cl2FN/c1-2-9-21-17(13-5-3-4-6-14(13)18)11-12-7-8-16(20)15(19)10-12/h3-8,10,17,21H,2,9,11H2,1H3. The third-order valence-corrected chi connectivity index (χ3v) is 3.98. The first-order chi connectivity index (χ1) is 10.1. The molecule has 2 aromatic carbocycles. The molecule has 0 aliphatic rings. The van der Waals surface area contributed by atoms with Crippen molar-refractivity contribution in [3.05, 3.63) is 69.5 Å². The minimum atomic E-state index is -0.392. The Bertz CT molecular complexity index is 601. The highest BCUT2D eigenvalue weighted by atomic mass is 35.5. The largest absolute Gasteiger partial charge is 0.310 e. The second kappa shape index (κ2) is 7.79. The number of hydrogen-bond acceptors (Lipinski definition) is 1. The van der Waals surface area contributed by atoms with Crippen molar-refractivity contribution in [3.63, 3.8) is 0 Å². The van der Waals surface area contributed by atoms with Crippen LogP contribution in [-0.2, 0) is 6.42 Å². The molecule has 0 amide bonds. The second-order valence-corrected chi connectivity index (χ2v) is 5.80. The Hall–Kier alpha value is -1.09. The first-order valence-corrected chi connectivity index (χ1v) is 7.79. The topological polar surface area (TPSA) is 12.0 Å². The monoisotopic (exact) mass is 325 g/mol. The SMILES string of the molecule is CCCNC(Cc1ccc(F)c(Cl)c1)c1ccccc1Cl. The van der Waals surface area contributed by atoms with E-state index < -0.39 is 5.82 Å². The smallest absolute Gasteiger partial charge is 0.141 e. The Balaban J connectivity index is 2.24. The number of rotatable bonds is 6. The Kier molecular flexibility index (Phi) is 6.04. The lowest BCUT2D eigenvalue weighted by Gasteiger charge is -2.20. The molecule has 0 aliphatic carbocycles. The Morgan fingerprint density at radius 1 is 1.10 bits per heavy atom. The summed E-state index contributed by atoms with van der Waals surface area (Å²) in [5.41, 5.74) is 2.03. The van der Waals surface area contributed by atoms with Crippen LogP contribution in [0.15, 0.2) is 42.5 Å². The predicted octanol–water partition coefficient (Wildman–Crippen LogP) is 5.42. The molecule has 0 saturated carbocycles. The van der Waals surface area contributed by atoms with E-state index in [9.17, 15) is 4.39 Å². The fourth-order valence-corrected chi connectivity index (χ4v) is 2.74. The molecule has 0 radical (unpaired) electrons. The zero-order valence-corrected chi connectivity index (χ0v) is 13.4. The molecule has 1 N–H and O–H groups in total. The molecule has 2 aromatic rings. The van der Waals surface area contributed by atoms with Gasteiger partial charge in [0.1, 0.15) is 5.82 Å². The lowest BCUT2D eigenvalue weighted by atomic mass is 9.98. The van der Waals surface area contributed by atoms with Crippen LogP contribution in [0.4, 0.5) is 4.39 Å². The van der Waals surface area contributed by atoms with Gasteiger partial charge >= 0.3 is 0 Å². The molecule has 0 bridgehead atoms. The summed E-state index contributed by atoms with van der Waals surface area (Å²) in [6.07, 6.45) is 1.74. The number of benzene rings is 2. The van der Waals surface area contributed by atoms with Crippen LogP contribution in [0, 0.1) is 5.82 Å². The highest BCUT2D eigenvalue weighted by Crippen LogP contribution is 2.27. The van der Waals surface area contributed by atoms with Gasteiger partial charge in [0.15, 0.2) is 0 Å². The van der Waals surface area contributed by atoms with Crippen molar-refractivity contribution < 1.29 is 4.39 Å². The quantitative estimate of drug-likeness (QED) is 0.748. The Morgan fingerprint density at radius 2 is 1.86 bits per heavy atom. The van der Waals surface area contributed by atoms with Gasteiger partial charge in [-0.25, -0.2) is 4.39 Å². The van der Waals surface area contributed by atoms with Crippen molar-refractivity contribution in [1.29, 1.82) is 0 Å². The van der Waals surface area contributed by atoms with Gasteiger partial charge in [-0.05, 0) is 48.7 Å². The van der Waals surface area contributed by atoms with E-state index in [2.05, 4.69) is 12.2 Å². The number of hydrogen-bond donors (Lipinski definition) is 1. The molecule has 4 heteroatoms. The molecule has 112 valence electrons. The molecule has 0 spiro atoms. The van der Waals surface area contributed by atoms with Gasteiger partial charge in [-0.15, -0.1) is 0 Å². The minimum Gasteiger partial charge on any atom is -0.310 e. The summed E-state index contributed by atoms with van der Waals surface area (Å²) < 4.78 is 13.3. The lowest BCUT2D eigenvalue weighted by molar-refractivity contribution is 0.529. The molecule has 0 saturated heterocycles. The van der Waals surface area contributed by atoms with Crippen LogP contribution in [0.3, 0.4) is 0 Å². The van der Waals surface area contributed by atoms with Crippen LogP contribution in [0.25, 0.3) is 0 Å². The van der Waals surface area contributed by atoms with Crippen LogP contribution in [0.5, 0.6) is 0 Å². The van der Waals surface area contributed by atoms with E-state index in [1.807, 2.05) is 24.3 Å². The fourth-order valence-electron chi connectivity index (χ4n) is 2.27. The van der Waals surface area contributed by atoms with Gasteiger partial charge in [0.2, 0.25) is 0 Å². The average Bonchev–Trinajstić information content (AvgIpc) is 2.48. The van der Waals surface area contributed by atoms with Crippen LogP contribution < -0.4 is 5.32 Å². The van der Waals surface area contributed by atoms with Crippen LogP contribution in [-0.4, -0.2) is 6.54 Å². The highest BCUT2D eigenvalue weighted by molar-refractivity contribution is 6.31. The van der Waals surface area contributed by atoms with E-state index in [-0.39, 0.29) is 11.1 Å². The first kappa shape index (κ1) is 16.3. The average molecular weight is 326 g/mol. The summed E-state index contributed by atoms with van der Waals surface area (Å²) in [5, 5.41) is 4.38. The number of nitrogens with one attached hydrogen (secondary N) is 1. The van der Waals surface area contributed by atoms with Gasteiger partial charge in [-0.2, -0.15) is 0 Å². The summed E-state index contributed by atoms with van der Waals surface area (Å²) in [7, 11) is 0. The zero-order valence-electron chi connectivity index (χ0n) is 11.9. The van der Waals surface area contributed by atoms with Gasteiger partial charge in [-0.1, -0.05) is 54.4 Å². The normalized spacial score (nSPS) is 12.4. The lowest BCUT2D eigenvalue weighted by Crippen LogP contribution is -2.24. The van der Waals surface area contributed by atoms with Crippen molar-refractivity contribution in [1.82, 2.24) is 5.32 Å². The molecule has 2 rings (SSSR count). The van der Waals surface area contributed by atoms with Gasteiger partial charge in [0.25, 0.3) is 0 Å². The first-order valence-electron chi connectivity index (χ1n) is 7.03. The van der Waals surface area contributed by atoms with Crippen LogP contribution in [0.1, 0.15) is 30.5 Å². The predicted molar refractivity (Wildman–Crippen MR) is 87.6 cm³/mol. The van der Waals surface area contributed by atoms with Crippen molar-refractivity contribution in [2.24, 2.45) is 0 Å². The third-order valence-electron chi connectivity index (χ3n) is 3.35. The van der Waals surface area contributed by atoms with E-state index in [0.29, 0.717) is 6.42 Å². The molecule has 0 aliphatic heterocycles. The maximum Gasteiger partial charge on any atom is 0.141 e. The molecule has 1 atom stereocenters. The maximum atomic E-state index is 13.3. The van der Waals surface area contributed by atoms with E-state index in [1.54, 1.807) is 12.1 Å². The molecule has 1 nitrogen and oxygen atoms in total. The van der Waals surface area contributed by atoms with Gasteiger partial charge in [0, 0.05) is 11.1 Å². The molecule has 1 unspecified atom stereocenters. The summed E-state index contributed by atoms with van der Waals surface area (Å²) in [4.78, 5) is 0. The minimum absolute atomic E-state index is 0.0835. The molecule has 0 heterocycles. The van der Waals surface area contributed by atoms with E-state index in [4.69, 9.17) is 23.2 Å². The van der Waals surface area contributed by atoms with Gasteiger partial charge < -0.3 is 5.32 Å². The van der Waals surface area contributed by atoms with Crippen molar-refractivity contribution >= 4 is 23.2 Å². The molecule has 21 heavy (non-hydrogen) atoms.